The SMILES string of the molecule is C=CCc1cc(C=C2SC(=Nc3ccccc3)N(C)C2=O)cc(OC)c1O. The number of phenols is 1. The van der Waals surface area contributed by atoms with Gasteiger partial charge in [-0.3, -0.25) is 9.69 Å². The Hall–Kier alpha value is -2.99. The highest BCUT2D eigenvalue weighted by Gasteiger charge is 2.30. The summed E-state index contributed by atoms with van der Waals surface area (Å²) in [6, 6.07) is 13.0. The van der Waals surface area contributed by atoms with Crippen LogP contribution in [0.2, 0.25) is 0 Å². The molecule has 1 fully saturated rings. The Bertz CT molecular complexity index is 936. The van der Waals surface area contributed by atoms with Crippen LogP contribution in [0, 0.1) is 0 Å². The number of aromatic hydroxyl groups is 1. The number of hydrogen-bond donors (Lipinski definition) is 1. The zero-order chi connectivity index (χ0) is 19.4. The summed E-state index contributed by atoms with van der Waals surface area (Å²) >= 11 is 1.32. The fourth-order valence-electron chi connectivity index (χ4n) is 2.66. The fourth-order valence-corrected chi connectivity index (χ4v) is 3.64. The molecule has 3 rings (SSSR count). The van der Waals surface area contributed by atoms with Crippen molar-refractivity contribution in [2.45, 2.75) is 6.42 Å². The van der Waals surface area contributed by atoms with Crippen molar-refractivity contribution in [1.29, 1.82) is 0 Å². The van der Waals surface area contributed by atoms with Crippen molar-refractivity contribution < 1.29 is 14.6 Å². The zero-order valence-electron chi connectivity index (χ0n) is 15.2. The van der Waals surface area contributed by atoms with E-state index in [1.165, 1.54) is 23.8 Å². The van der Waals surface area contributed by atoms with Crippen LogP contribution in [0.5, 0.6) is 11.5 Å². The molecule has 2 aromatic carbocycles. The number of ether oxygens (including phenoxy) is 1. The van der Waals surface area contributed by atoms with E-state index in [9.17, 15) is 9.90 Å². The molecule has 1 heterocycles. The Labute approximate surface area is 162 Å². The lowest BCUT2D eigenvalue weighted by Gasteiger charge is -2.09. The second kappa shape index (κ2) is 8.14. The number of amides is 1. The summed E-state index contributed by atoms with van der Waals surface area (Å²) < 4.78 is 5.25. The third-order valence-corrected chi connectivity index (χ3v) is 5.10. The van der Waals surface area contributed by atoms with Gasteiger partial charge in [-0.05, 0) is 54.1 Å². The van der Waals surface area contributed by atoms with E-state index in [-0.39, 0.29) is 11.7 Å². The Morgan fingerprint density at radius 3 is 2.70 bits per heavy atom. The first kappa shape index (κ1) is 18.8. The van der Waals surface area contributed by atoms with Crippen molar-refractivity contribution in [3.8, 4) is 11.5 Å². The molecule has 2 aromatic rings. The summed E-state index contributed by atoms with van der Waals surface area (Å²) in [7, 11) is 3.20. The average molecular weight is 380 g/mol. The first-order valence-electron chi connectivity index (χ1n) is 8.35. The lowest BCUT2D eigenvalue weighted by molar-refractivity contribution is -0.121. The van der Waals surface area contributed by atoms with Gasteiger partial charge in [0.1, 0.15) is 0 Å². The molecule has 1 aliphatic rings. The van der Waals surface area contributed by atoms with Crippen molar-refractivity contribution in [3.05, 3.63) is 71.2 Å². The van der Waals surface area contributed by atoms with Gasteiger partial charge >= 0.3 is 0 Å². The normalized spacial score (nSPS) is 17.0. The standard InChI is InChI=1S/C21H20N2O3S/c1-4-8-15-11-14(12-17(26-3)19(15)24)13-18-20(25)23(2)21(27-18)22-16-9-6-5-7-10-16/h4-7,9-13,24H,1,8H2,2-3H3. The lowest BCUT2D eigenvalue weighted by atomic mass is 10.1. The number of nitrogens with zero attached hydrogens (tertiary/aromatic N) is 2. The molecule has 27 heavy (non-hydrogen) atoms. The van der Waals surface area contributed by atoms with Crippen LogP contribution in [-0.4, -0.2) is 35.2 Å². The third-order valence-electron chi connectivity index (χ3n) is 4.04. The molecule has 0 aliphatic carbocycles. The van der Waals surface area contributed by atoms with Crippen LogP contribution >= 0.6 is 11.8 Å². The number of para-hydroxylation sites is 1. The molecule has 5 nitrogen and oxygen atoms in total. The minimum Gasteiger partial charge on any atom is -0.504 e. The summed E-state index contributed by atoms with van der Waals surface area (Å²) in [5.41, 5.74) is 2.25. The predicted molar refractivity (Wildman–Crippen MR) is 110 cm³/mol. The average Bonchev–Trinajstić information content (AvgIpc) is 2.93. The lowest BCUT2D eigenvalue weighted by Crippen LogP contribution is -2.23. The highest BCUT2D eigenvalue weighted by Crippen LogP contribution is 2.36. The van der Waals surface area contributed by atoms with E-state index in [1.807, 2.05) is 36.4 Å². The second-order valence-corrected chi connectivity index (χ2v) is 6.94. The first-order valence-corrected chi connectivity index (χ1v) is 9.17. The monoisotopic (exact) mass is 380 g/mol. The van der Waals surface area contributed by atoms with Gasteiger partial charge in [0.25, 0.3) is 5.91 Å². The minimum absolute atomic E-state index is 0.0911. The maximum Gasteiger partial charge on any atom is 0.266 e. The molecule has 1 amide bonds. The summed E-state index contributed by atoms with van der Waals surface area (Å²) in [6.07, 6.45) is 3.99. The molecule has 1 N–H and O–H groups in total. The Kier molecular flexibility index (Phi) is 5.66. The first-order chi connectivity index (χ1) is 13.0. The van der Waals surface area contributed by atoms with Gasteiger partial charge in [-0.25, -0.2) is 4.99 Å². The van der Waals surface area contributed by atoms with E-state index >= 15 is 0 Å². The number of thioether (sulfide) groups is 1. The zero-order valence-corrected chi connectivity index (χ0v) is 16.0. The van der Waals surface area contributed by atoms with E-state index in [2.05, 4.69) is 11.6 Å². The number of carbonyl (C=O) groups is 1. The number of benzene rings is 2. The molecule has 0 saturated carbocycles. The minimum atomic E-state index is -0.119. The van der Waals surface area contributed by atoms with Crippen LogP contribution in [0.15, 0.2) is 65.0 Å². The molecule has 0 radical (unpaired) electrons. The van der Waals surface area contributed by atoms with Crippen LogP contribution < -0.4 is 4.74 Å². The highest BCUT2D eigenvalue weighted by atomic mass is 32.2. The van der Waals surface area contributed by atoms with Crippen molar-refractivity contribution >= 4 is 34.6 Å². The van der Waals surface area contributed by atoms with Gasteiger partial charge in [0.05, 0.1) is 17.7 Å². The molecule has 1 aliphatic heterocycles. The number of aliphatic imine (C=N–C) groups is 1. The number of allylic oxidation sites excluding steroid dienone is 1. The summed E-state index contributed by atoms with van der Waals surface area (Å²) in [5.74, 6) is 0.337. The Morgan fingerprint density at radius 1 is 1.30 bits per heavy atom. The third kappa shape index (κ3) is 4.06. The maximum atomic E-state index is 12.6. The molecule has 1 saturated heterocycles. The fraction of sp³-hybridized carbons (Fsp3) is 0.143. The topological polar surface area (TPSA) is 62.1 Å². The van der Waals surface area contributed by atoms with Gasteiger partial charge in [0, 0.05) is 12.6 Å². The Balaban J connectivity index is 1.95. The van der Waals surface area contributed by atoms with Crippen LogP contribution in [0.3, 0.4) is 0 Å². The summed E-state index contributed by atoms with van der Waals surface area (Å²) in [5, 5.41) is 10.8. The summed E-state index contributed by atoms with van der Waals surface area (Å²) in [4.78, 5) is 19.2. The molecule has 0 bridgehead atoms. The number of hydrogen-bond acceptors (Lipinski definition) is 5. The molecular formula is C21H20N2O3S. The van der Waals surface area contributed by atoms with Crippen LogP contribution in [0.4, 0.5) is 5.69 Å². The van der Waals surface area contributed by atoms with Crippen LogP contribution in [0.1, 0.15) is 11.1 Å². The predicted octanol–water partition coefficient (Wildman–Crippen LogP) is 4.36. The molecule has 0 aromatic heterocycles. The Morgan fingerprint density at radius 2 is 2.04 bits per heavy atom. The molecule has 6 heteroatoms. The maximum absolute atomic E-state index is 12.6. The van der Waals surface area contributed by atoms with Crippen LogP contribution in [0.25, 0.3) is 6.08 Å². The molecular weight excluding hydrogens is 360 g/mol. The van der Waals surface area contributed by atoms with Crippen molar-refractivity contribution in [3.63, 3.8) is 0 Å². The van der Waals surface area contributed by atoms with E-state index in [0.29, 0.717) is 27.8 Å². The van der Waals surface area contributed by atoms with E-state index in [4.69, 9.17) is 4.74 Å². The number of likely N-dealkylation sites (N-methyl/N-ethyl adjacent to an activating group) is 1. The second-order valence-electron chi connectivity index (χ2n) is 5.93. The summed E-state index contributed by atoms with van der Waals surface area (Å²) in [6.45, 7) is 3.71. The van der Waals surface area contributed by atoms with Crippen molar-refractivity contribution in [2.75, 3.05) is 14.2 Å². The molecule has 138 valence electrons. The molecule has 0 atom stereocenters. The molecule has 0 spiro atoms. The van der Waals surface area contributed by atoms with Gasteiger partial charge in [-0.2, -0.15) is 0 Å². The van der Waals surface area contributed by atoms with Gasteiger partial charge in [0.2, 0.25) is 0 Å². The van der Waals surface area contributed by atoms with Crippen molar-refractivity contribution in [2.24, 2.45) is 4.99 Å². The van der Waals surface area contributed by atoms with E-state index in [0.717, 1.165) is 11.3 Å². The highest BCUT2D eigenvalue weighted by molar-refractivity contribution is 8.18. The van der Waals surface area contributed by atoms with Gasteiger partial charge in [0.15, 0.2) is 16.7 Å². The quantitative estimate of drug-likeness (QED) is 0.618. The van der Waals surface area contributed by atoms with Crippen molar-refractivity contribution in [1.82, 2.24) is 4.90 Å². The number of rotatable bonds is 5. The number of methoxy groups -OCH3 is 1. The van der Waals surface area contributed by atoms with Gasteiger partial charge in [-0.15, -0.1) is 6.58 Å². The van der Waals surface area contributed by atoms with Gasteiger partial charge < -0.3 is 9.84 Å². The van der Waals surface area contributed by atoms with E-state index < -0.39 is 0 Å². The number of phenolic OH excluding ortho intramolecular Hbond substituents is 1. The van der Waals surface area contributed by atoms with E-state index in [1.54, 1.807) is 25.3 Å². The number of amidine groups is 1. The van der Waals surface area contributed by atoms with Crippen LogP contribution in [-0.2, 0) is 11.2 Å². The van der Waals surface area contributed by atoms with Gasteiger partial charge in [-0.1, -0.05) is 24.3 Å². The molecule has 0 unspecified atom stereocenters. The largest absolute Gasteiger partial charge is 0.504 e. The number of carbonyl (C=O) groups excluding carboxylic acids is 1. The smallest absolute Gasteiger partial charge is 0.266 e.